The first-order valence-corrected chi connectivity index (χ1v) is 5.33. The molecule has 1 N–H and O–H groups in total. The fourth-order valence-electron chi connectivity index (χ4n) is 1.81. The molecule has 0 bridgehead atoms. The molecule has 0 saturated carbocycles. The Morgan fingerprint density at radius 1 is 1.17 bits per heavy atom. The number of fused-ring (bicyclic) bond motifs is 1. The van der Waals surface area contributed by atoms with E-state index in [2.05, 4.69) is 10.3 Å². The third-order valence-corrected chi connectivity index (χ3v) is 2.61. The normalized spacial score (nSPS) is 17.0. The lowest BCUT2D eigenvalue weighted by atomic mass is 10.1. The zero-order valence-electron chi connectivity index (χ0n) is 9.21. The van der Waals surface area contributed by atoms with Crippen LogP contribution in [0.2, 0.25) is 0 Å². The van der Waals surface area contributed by atoms with Crippen LogP contribution in [0.5, 0.6) is 0 Å². The molecular formula is C13H8N2O3. The van der Waals surface area contributed by atoms with Gasteiger partial charge in [0.05, 0.1) is 5.52 Å². The van der Waals surface area contributed by atoms with Crippen LogP contribution in [0, 0.1) is 0 Å². The van der Waals surface area contributed by atoms with E-state index < -0.39 is 12.0 Å². The molecule has 0 radical (unpaired) electrons. The van der Waals surface area contributed by atoms with Gasteiger partial charge in [-0.15, -0.1) is 0 Å². The number of hydrogen-bond acceptors (Lipinski definition) is 4. The van der Waals surface area contributed by atoms with Crippen molar-refractivity contribution in [1.82, 2.24) is 10.3 Å². The number of rotatable bonds is 1. The molecule has 88 valence electrons. The molecule has 1 aliphatic rings. The smallest absolute Gasteiger partial charge is 0.404 e. The average molecular weight is 240 g/mol. The largest absolute Gasteiger partial charge is 0.419 e. The number of cyclic esters (lactones) is 1. The molecule has 1 aromatic carbocycles. The van der Waals surface area contributed by atoms with Crippen LogP contribution in [0.1, 0.15) is 5.56 Å². The van der Waals surface area contributed by atoms with Crippen molar-refractivity contribution in [2.45, 2.75) is 0 Å². The van der Waals surface area contributed by atoms with Gasteiger partial charge < -0.3 is 4.74 Å². The van der Waals surface area contributed by atoms with Crippen LogP contribution in [0.25, 0.3) is 17.0 Å². The van der Waals surface area contributed by atoms with Crippen molar-refractivity contribution in [2.75, 3.05) is 0 Å². The number of hydrogen-bond donors (Lipinski definition) is 1. The summed E-state index contributed by atoms with van der Waals surface area (Å²) < 4.78 is 4.77. The predicted octanol–water partition coefficient (Wildman–Crippen LogP) is 1.84. The molecule has 0 unspecified atom stereocenters. The van der Waals surface area contributed by atoms with E-state index in [1.807, 2.05) is 24.3 Å². The maximum atomic E-state index is 11.4. The van der Waals surface area contributed by atoms with Crippen molar-refractivity contribution in [3.8, 4) is 0 Å². The molecule has 2 aromatic rings. The van der Waals surface area contributed by atoms with E-state index in [4.69, 9.17) is 4.74 Å². The maximum Gasteiger partial charge on any atom is 0.419 e. The summed E-state index contributed by atoms with van der Waals surface area (Å²) in [5.41, 5.74) is 1.59. The molecule has 0 atom stereocenters. The Labute approximate surface area is 102 Å². The van der Waals surface area contributed by atoms with Gasteiger partial charge in [0, 0.05) is 11.6 Å². The van der Waals surface area contributed by atoms with Gasteiger partial charge in [-0.25, -0.2) is 4.79 Å². The van der Waals surface area contributed by atoms with Crippen molar-refractivity contribution in [3.05, 3.63) is 47.9 Å². The van der Waals surface area contributed by atoms with Gasteiger partial charge in [0.2, 0.25) is 0 Å². The molecule has 2 amide bonds. The molecular weight excluding hydrogens is 232 g/mol. The number of nitrogens with one attached hydrogen (secondary N) is 1. The Kier molecular flexibility index (Phi) is 2.30. The first-order chi connectivity index (χ1) is 8.74. The summed E-state index contributed by atoms with van der Waals surface area (Å²) in [6.07, 6.45) is 2.43. The molecule has 0 spiro atoms. The Morgan fingerprint density at radius 2 is 2.00 bits per heavy atom. The fraction of sp³-hybridized carbons (Fsp3) is 0. The molecule has 3 rings (SSSR count). The second-order valence-electron chi connectivity index (χ2n) is 3.77. The van der Waals surface area contributed by atoms with Crippen LogP contribution in [0.3, 0.4) is 0 Å². The Morgan fingerprint density at radius 3 is 2.78 bits per heavy atom. The standard InChI is InChI=1S/C13H8N2O3/c16-12-11(18-13(17)15-12)7-8-5-6-14-10-4-2-1-3-9(8)10/h1-7H,(H,15,16,17). The molecule has 1 aromatic heterocycles. The molecule has 18 heavy (non-hydrogen) atoms. The third kappa shape index (κ3) is 1.71. The van der Waals surface area contributed by atoms with Crippen LogP contribution in [-0.4, -0.2) is 17.0 Å². The lowest BCUT2D eigenvalue weighted by molar-refractivity contribution is -0.116. The molecule has 5 nitrogen and oxygen atoms in total. The number of carbonyl (C=O) groups is 2. The lowest BCUT2D eigenvalue weighted by Crippen LogP contribution is -2.18. The quantitative estimate of drug-likeness (QED) is 0.772. The SMILES string of the molecule is O=C1NC(=O)C(=Cc2ccnc3ccccc23)O1. The van der Waals surface area contributed by atoms with Crippen LogP contribution < -0.4 is 5.32 Å². The van der Waals surface area contributed by atoms with Gasteiger partial charge in [-0.1, -0.05) is 18.2 Å². The summed E-state index contributed by atoms with van der Waals surface area (Å²) in [4.78, 5) is 26.5. The predicted molar refractivity (Wildman–Crippen MR) is 64.3 cm³/mol. The second kappa shape index (κ2) is 3.96. The first-order valence-electron chi connectivity index (χ1n) is 5.33. The minimum Gasteiger partial charge on any atom is -0.404 e. The van der Waals surface area contributed by atoms with Crippen molar-refractivity contribution in [3.63, 3.8) is 0 Å². The van der Waals surface area contributed by atoms with Gasteiger partial charge in [-0.3, -0.25) is 15.1 Å². The summed E-state index contributed by atoms with van der Waals surface area (Å²) in [7, 11) is 0. The summed E-state index contributed by atoms with van der Waals surface area (Å²) in [6.45, 7) is 0. The highest BCUT2D eigenvalue weighted by Gasteiger charge is 2.26. The zero-order valence-corrected chi connectivity index (χ0v) is 9.21. The minimum atomic E-state index is -0.746. The van der Waals surface area contributed by atoms with Gasteiger partial charge in [-0.05, 0) is 23.8 Å². The van der Waals surface area contributed by atoms with Crippen molar-refractivity contribution >= 4 is 29.0 Å². The summed E-state index contributed by atoms with van der Waals surface area (Å²) in [6, 6.07) is 9.29. The summed E-state index contributed by atoms with van der Waals surface area (Å²) in [5, 5.41) is 2.94. The highest BCUT2D eigenvalue weighted by molar-refractivity contribution is 6.10. The lowest BCUT2D eigenvalue weighted by Gasteiger charge is -2.01. The Hall–Kier alpha value is -2.69. The molecule has 1 saturated heterocycles. The number of ether oxygens (including phenoxy) is 1. The number of alkyl carbamates (subject to hydrolysis) is 1. The number of pyridine rings is 1. The van der Waals surface area contributed by atoms with E-state index >= 15 is 0 Å². The third-order valence-electron chi connectivity index (χ3n) is 2.61. The van der Waals surface area contributed by atoms with Crippen molar-refractivity contribution in [2.24, 2.45) is 0 Å². The van der Waals surface area contributed by atoms with Crippen LogP contribution >= 0.6 is 0 Å². The zero-order chi connectivity index (χ0) is 12.5. The number of amides is 2. The Bertz CT molecular complexity index is 686. The van der Waals surface area contributed by atoms with Crippen molar-refractivity contribution < 1.29 is 14.3 Å². The van der Waals surface area contributed by atoms with Crippen LogP contribution in [0.4, 0.5) is 4.79 Å². The maximum absolute atomic E-state index is 11.4. The van der Waals surface area contributed by atoms with E-state index in [1.165, 1.54) is 6.08 Å². The number of nitrogens with zero attached hydrogens (tertiary/aromatic N) is 1. The average Bonchev–Trinajstić information content (AvgIpc) is 2.68. The van der Waals surface area contributed by atoms with Gasteiger partial charge >= 0.3 is 6.09 Å². The second-order valence-corrected chi connectivity index (χ2v) is 3.77. The van der Waals surface area contributed by atoms with Gasteiger partial charge in [-0.2, -0.15) is 0 Å². The molecule has 1 aliphatic heterocycles. The van der Waals surface area contributed by atoms with E-state index in [0.717, 1.165) is 16.5 Å². The summed E-state index contributed by atoms with van der Waals surface area (Å²) in [5.74, 6) is -0.530. The van der Waals surface area contributed by atoms with Gasteiger partial charge in [0.1, 0.15) is 0 Å². The fourth-order valence-corrected chi connectivity index (χ4v) is 1.81. The monoisotopic (exact) mass is 240 g/mol. The highest BCUT2D eigenvalue weighted by atomic mass is 16.6. The van der Waals surface area contributed by atoms with E-state index in [-0.39, 0.29) is 5.76 Å². The first kappa shape index (κ1) is 10.5. The number of carbonyl (C=O) groups excluding carboxylic acids is 2. The number of para-hydroxylation sites is 1. The Balaban J connectivity index is 2.13. The molecule has 5 heteroatoms. The van der Waals surface area contributed by atoms with Crippen molar-refractivity contribution in [1.29, 1.82) is 0 Å². The molecule has 1 fully saturated rings. The van der Waals surface area contributed by atoms with Gasteiger partial charge in [0.25, 0.3) is 5.91 Å². The topological polar surface area (TPSA) is 68.3 Å². The van der Waals surface area contributed by atoms with E-state index in [0.29, 0.717) is 0 Å². The van der Waals surface area contributed by atoms with E-state index in [1.54, 1.807) is 12.3 Å². The summed E-state index contributed by atoms with van der Waals surface area (Å²) >= 11 is 0. The molecule has 2 heterocycles. The number of benzene rings is 1. The number of aromatic nitrogens is 1. The van der Waals surface area contributed by atoms with Gasteiger partial charge in [0.15, 0.2) is 5.76 Å². The van der Waals surface area contributed by atoms with Crippen LogP contribution in [0.15, 0.2) is 42.3 Å². The minimum absolute atomic E-state index is 0.00338. The van der Waals surface area contributed by atoms with Crippen LogP contribution in [-0.2, 0) is 9.53 Å². The van der Waals surface area contributed by atoms with E-state index in [9.17, 15) is 9.59 Å². The number of imide groups is 1. The molecule has 0 aliphatic carbocycles. The highest BCUT2D eigenvalue weighted by Crippen LogP contribution is 2.20.